The fraction of sp³-hybridized carbons (Fsp3) is 0.464. The molecule has 0 saturated heterocycles. The number of aryl methyl sites for hydroxylation is 1. The number of ether oxygens (including phenoxy) is 1. The highest BCUT2D eigenvalue weighted by atomic mass is 32.2. The standard InChI is InChI=1S/C28H36NOS/c1-30-28-18-10-8-16-25(28)22-31-26-20-24-15-7-9-17-27(24)29(21-26)19-11-3-6-14-23-12-4-2-5-13-23/h7-10,15-18,20-21,23H,2-6,11-14,19,22H2,1H3/q+1. The van der Waals surface area contributed by atoms with Crippen LogP contribution in [0.15, 0.2) is 65.7 Å². The number of methoxy groups -OCH3 is 1. The number of aromatic nitrogens is 1. The number of pyridine rings is 1. The summed E-state index contributed by atoms with van der Waals surface area (Å²) in [6.07, 6.45) is 15.1. The van der Waals surface area contributed by atoms with Crippen LogP contribution in [-0.2, 0) is 12.3 Å². The number of hydrogen-bond acceptors (Lipinski definition) is 2. The van der Waals surface area contributed by atoms with Crippen LogP contribution in [0, 0.1) is 5.92 Å². The van der Waals surface area contributed by atoms with Crippen LogP contribution in [-0.4, -0.2) is 7.11 Å². The maximum absolute atomic E-state index is 5.53. The summed E-state index contributed by atoms with van der Waals surface area (Å²) >= 11 is 1.89. The fourth-order valence-electron chi connectivity index (χ4n) is 4.90. The molecule has 1 fully saturated rings. The van der Waals surface area contributed by atoms with E-state index in [0.29, 0.717) is 0 Å². The maximum atomic E-state index is 5.53. The van der Waals surface area contributed by atoms with E-state index in [9.17, 15) is 0 Å². The van der Waals surface area contributed by atoms with Crippen molar-refractivity contribution in [3.63, 3.8) is 0 Å². The van der Waals surface area contributed by atoms with Gasteiger partial charge in [0, 0.05) is 29.2 Å². The fourth-order valence-corrected chi connectivity index (χ4v) is 5.87. The number of thioether (sulfide) groups is 1. The smallest absolute Gasteiger partial charge is 0.212 e. The summed E-state index contributed by atoms with van der Waals surface area (Å²) in [6, 6.07) is 19.5. The van der Waals surface area contributed by atoms with Crippen LogP contribution < -0.4 is 9.30 Å². The van der Waals surface area contributed by atoms with E-state index >= 15 is 0 Å². The third-order valence-electron chi connectivity index (χ3n) is 6.65. The number of hydrogen-bond donors (Lipinski definition) is 0. The van der Waals surface area contributed by atoms with Gasteiger partial charge < -0.3 is 4.74 Å². The van der Waals surface area contributed by atoms with E-state index in [2.05, 4.69) is 53.2 Å². The van der Waals surface area contributed by atoms with E-state index in [-0.39, 0.29) is 0 Å². The SMILES string of the molecule is COc1ccccc1CSc1cc2ccccc2[n+](CCCCCC2CCCCC2)c1. The Morgan fingerprint density at radius 2 is 1.74 bits per heavy atom. The predicted molar refractivity (Wildman–Crippen MR) is 132 cm³/mol. The molecule has 3 heteroatoms. The molecule has 1 aliphatic rings. The van der Waals surface area contributed by atoms with Crippen LogP contribution in [0.25, 0.3) is 10.9 Å². The maximum Gasteiger partial charge on any atom is 0.212 e. The third-order valence-corrected chi connectivity index (χ3v) is 7.66. The molecule has 1 aliphatic carbocycles. The van der Waals surface area contributed by atoms with Gasteiger partial charge in [0.05, 0.1) is 12.0 Å². The zero-order chi connectivity index (χ0) is 21.3. The molecule has 0 unspecified atom stereocenters. The number of benzene rings is 2. The zero-order valence-electron chi connectivity index (χ0n) is 18.9. The van der Waals surface area contributed by atoms with E-state index in [0.717, 1.165) is 24.0 Å². The minimum absolute atomic E-state index is 0.920. The van der Waals surface area contributed by atoms with Gasteiger partial charge in [0.15, 0.2) is 6.20 Å². The summed E-state index contributed by atoms with van der Waals surface area (Å²) in [4.78, 5) is 1.33. The quantitative estimate of drug-likeness (QED) is 0.185. The highest BCUT2D eigenvalue weighted by Gasteiger charge is 2.14. The zero-order valence-corrected chi connectivity index (χ0v) is 19.7. The Labute approximate surface area is 192 Å². The summed E-state index contributed by atoms with van der Waals surface area (Å²) in [7, 11) is 1.75. The lowest BCUT2D eigenvalue weighted by molar-refractivity contribution is -0.673. The molecular formula is C28H36NOS+. The molecule has 4 rings (SSSR count). The molecule has 164 valence electrons. The molecule has 1 aromatic heterocycles. The van der Waals surface area contributed by atoms with Gasteiger partial charge in [-0.15, -0.1) is 11.8 Å². The van der Waals surface area contributed by atoms with E-state index in [1.165, 1.54) is 79.1 Å². The van der Waals surface area contributed by atoms with Crippen LogP contribution in [0.4, 0.5) is 0 Å². The van der Waals surface area contributed by atoms with Gasteiger partial charge in [0.25, 0.3) is 0 Å². The van der Waals surface area contributed by atoms with Gasteiger partial charge in [-0.2, -0.15) is 4.57 Å². The van der Waals surface area contributed by atoms with Gasteiger partial charge >= 0.3 is 0 Å². The van der Waals surface area contributed by atoms with Crippen molar-refractivity contribution in [2.75, 3.05) is 7.11 Å². The molecule has 0 spiro atoms. The molecule has 2 nitrogen and oxygen atoms in total. The molecular weight excluding hydrogens is 398 g/mol. The molecule has 31 heavy (non-hydrogen) atoms. The summed E-state index contributed by atoms with van der Waals surface area (Å²) in [5, 5.41) is 1.33. The number of fused-ring (bicyclic) bond motifs is 1. The first-order valence-corrected chi connectivity index (χ1v) is 13.0. The molecule has 0 aliphatic heterocycles. The summed E-state index contributed by atoms with van der Waals surface area (Å²) < 4.78 is 8.00. The van der Waals surface area contributed by atoms with Crippen LogP contribution >= 0.6 is 11.8 Å². The number of unbranched alkanes of at least 4 members (excludes halogenated alkanes) is 2. The number of nitrogens with zero attached hydrogens (tertiary/aromatic N) is 1. The molecule has 2 aromatic carbocycles. The van der Waals surface area contributed by atoms with E-state index in [1.54, 1.807) is 7.11 Å². The van der Waals surface area contributed by atoms with Crippen molar-refractivity contribution in [3.05, 3.63) is 66.4 Å². The average molecular weight is 435 g/mol. The van der Waals surface area contributed by atoms with E-state index in [4.69, 9.17) is 4.74 Å². The Bertz CT molecular complexity index is 964. The minimum Gasteiger partial charge on any atom is -0.496 e. The average Bonchev–Trinajstić information content (AvgIpc) is 2.83. The Balaban J connectivity index is 1.37. The van der Waals surface area contributed by atoms with Crippen molar-refractivity contribution in [3.8, 4) is 5.75 Å². The van der Waals surface area contributed by atoms with Gasteiger partial charge in [-0.25, -0.2) is 0 Å². The number of para-hydroxylation sites is 2. The highest BCUT2D eigenvalue weighted by Crippen LogP contribution is 2.29. The first-order chi connectivity index (χ1) is 15.3. The lowest BCUT2D eigenvalue weighted by Crippen LogP contribution is -2.34. The second kappa shape index (κ2) is 11.6. The molecule has 1 heterocycles. The number of rotatable bonds is 10. The monoisotopic (exact) mass is 434 g/mol. The van der Waals surface area contributed by atoms with Crippen LogP contribution in [0.5, 0.6) is 5.75 Å². The molecule has 0 N–H and O–H groups in total. The van der Waals surface area contributed by atoms with Crippen molar-refractivity contribution in [1.29, 1.82) is 0 Å². The molecule has 0 atom stereocenters. The molecule has 1 saturated carbocycles. The second-order valence-corrected chi connectivity index (χ2v) is 9.93. The lowest BCUT2D eigenvalue weighted by atomic mass is 9.85. The van der Waals surface area contributed by atoms with Crippen molar-refractivity contribution >= 4 is 22.7 Å². The van der Waals surface area contributed by atoms with Gasteiger partial charge in [0.2, 0.25) is 5.52 Å². The molecule has 0 amide bonds. The normalized spacial score (nSPS) is 14.7. The van der Waals surface area contributed by atoms with Crippen LogP contribution in [0.2, 0.25) is 0 Å². The first-order valence-electron chi connectivity index (χ1n) is 12.0. The van der Waals surface area contributed by atoms with Crippen LogP contribution in [0.3, 0.4) is 0 Å². The Morgan fingerprint density at radius 3 is 2.61 bits per heavy atom. The van der Waals surface area contributed by atoms with Gasteiger partial charge in [-0.3, -0.25) is 0 Å². The largest absolute Gasteiger partial charge is 0.496 e. The third kappa shape index (κ3) is 6.26. The van der Waals surface area contributed by atoms with Gasteiger partial charge in [-0.1, -0.05) is 75.3 Å². The Hall–Kier alpha value is -2.00. The summed E-state index contributed by atoms with van der Waals surface area (Å²) in [6.45, 7) is 1.11. The lowest BCUT2D eigenvalue weighted by Gasteiger charge is -2.21. The second-order valence-electron chi connectivity index (χ2n) is 8.88. The first kappa shape index (κ1) is 22.2. The van der Waals surface area contributed by atoms with Gasteiger partial charge in [-0.05, 0) is 30.5 Å². The molecule has 0 bridgehead atoms. The van der Waals surface area contributed by atoms with Crippen molar-refractivity contribution in [1.82, 2.24) is 0 Å². The highest BCUT2D eigenvalue weighted by molar-refractivity contribution is 7.98. The Kier molecular flexibility index (Phi) is 8.29. The van der Waals surface area contributed by atoms with Crippen molar-refractivity contribution < 1.29 is 9.30 Å². The molecule has 3 aromatic rings. The van der Waals surface area contributed by atoms with Crippen molar-refractivity contribution in [2.45, 2.75) is 75.0 Å². The van der Waals surface area contributed by atoms with E-state index < -0.39 is 0 Å². The predicted octanol–water partition coefficient (Wildman–Crippen LogP) is 7.57. The summed E-state index contributed by atoms with van der Waals surface area (Å²) in [5.74, 6) is 2.91. The summed E-state index contributed by atoms with van der Waals surface area (Å²) in [5.41, 5.74) is 2.59. The minimum atomic E-state index is 0.920. The van der Waals surface area contributed by atoms with Crippen LogP contribution in [0.1, 0.15) is 63.4 Å². The van der Waals surface area contributed by atoms with Gasteiger partial charge in [0.1, 0.15) is 12.3 Å². The van der Waals surface area contributed by atoms with Crippen molar-refractivity contribution in [2.24, 2.45) is 5.92 Å². The van der Waals surface area contributed by atoms with E-state index in [1.807, 2.05) is 23.9 Å². The Morgan fingerprint density at radius 1 is 0.935 bits per heavy atom. The molecule has 0 radical (unpaired) electrons. The topological polar surface area (TPSA) is 13.1 Å².